The minimum atomic E-state index is -1.07. The van der Waals surface area contributed by atoms with Crippen LogP contribution in [-0.2, 0) is 9.53 Å². The van der Waals surface area contributed by atoms with Crippen LogP contribution in [-0.4, -0.2) is 49.4 Å². The van der Waals surface area contributed by atoms with Crippen molar-refractivity contribution >= 4 is 28.5 Å². The molecule has 1 aromatic heterocycles. The lowest BCUT2D eigenvalue weighted by atomic mass is 10.1. The van der Waals surface area contributed by atoms with Crippen LogP contribution >= 0.6 is 0 Å². The average molecular weight is 334 g/mol. The van der Waals surface area contributed by atoms with Crippen molar-refractivity contribution in [1.82, 2.24) is 4.98 Å². The van der Waals surface area contributed by atoms with Crippen LogP contribution in [0.4, 0.5) is 5.69 Å². The number of aliphatic carboxylic acids is 1. The maximum atomic E-state index is 12.2. The van der Waals surface area contributed by atoms with E-state index in [4.69, 9.17) is 19.3 Å². The van der Waals surface area contributed by atoms with E-state index in [0.717, 1.165) is 0 Å². The molecule has 1 heterocycles. The van der Waals surface area contributed by atoms with Gasteiger partial charge >= 0.3 is 11.9 Å². The summed E-state index contributed by atoms with van der Waals surface area (Å²) in [6.45, 7) is 1.50. The third-order valence-corrected chi connectivity index (χ3v) is 3.28. The molecule has 0 aliphatic heterocycles. The molecule has 2 rings (SSSR count). The van der Waals surface area contributed by atoms with Gasteiger partial charge in [0, 0.05) is 17.6 Å². The van der Waals surface area contributed by atoms with Crippen LogP contribution in [0.2, 0.25) is 0 Å². The van der Waals surface area contributed by atoms with Gasteiger partial charge in [-0.15, -0.1) is 0 Å². The Morgan fingerprint density at radius 2 is 2.00 bits per heavy atom. The number of ether oxygens (including phenoxy) is 3. The molecule has 0 saturated heterocycles. The summed E-state index contributed by atoms with van der Waals surface area (Å²) in [4.78, 5) is 27.3. The third-order valence-electron chi connectivity index (χ3n) is 3.28. The molecule has 0 spiro atoms. The summed E-state index contributed by atoms with van der Waals surface area (Å²) in [5, 5.41) is 12.2. The maximum absolute atomic E-state index is 12.2. The molecule has 0 aliphatic carbocycles. The number of carbonyl (C=O) groups excluding carboxylic acids is 1. The second-order valence-electron chi connectivity index (χ2n) is 4.74. The fourth-order valence-electron chi connectivity index (χ4n) is 2.24. The molecule has 0 saturated carbocycles. The molecule has 128 valence electrons. The largest absolute Gasteiger partial charge is 0.497 e. The number of fused-ring (bicyclic) bond motifs is 1. The molecular formula is C16H18N2O6. The molecule has 8 nitrogen and oxygen atoms in total. The summed E-state index contributed by atoms with van der Waals surface area (Å²) >= 11 is 0. The number of pyridine rings is 1. The fourth-order valence-corrected chi connectivity index (χ4v) is 2.24. The zero-order chi connectivity index (χ0) is 17.7. The Morgan fingerprint density at radius 1 is 1.25 bits per heavy atom. The van der Waals surface area contributed by atoms with E-state index in [9.17, 15) is 9.59 Å². The zero-order valence-corrected chi connectivity index (χ0v) is 13.6. The molecule has 0 bridgehead atoms. The van der Waals surface area contributed by atoms with Gasteiger partial charge in [0.1, 0.15) is 29.1 Å². The summed E-state index contributed by atoms with van der Waals surface area (Å²) in [6.07, 6.45) is 1.33. The summed E-state index contributed by atoms with van der Waals surface area (Å²) in [6, 6.07) is 3.30. The van der Waals surface area contributed by atoms with E-state index >= 15 is 0 Å². The Balaban J connectivity index is 2.71. The fraction of sp³-hybridized carbons (Fsp3) is 0.312. The van der Waals surface area contributed by atoms with Gasteiger partial charge in [0.15, 0.2) is 0 Å². The van der Waals surface area contributed by atoms with E-state index in [1.807, 2.05) is 0 Å². The number of anilines is 1. The first kappa shape index (κ1) is 17.3. The van der Waals surface area contributed by atoms with Crippen molar-refractivity contribution in [3.05, 3.63) is 23.9 Å². The van der Waals surface area contributed by atoms with Gasteiger partial charge in [-0.25, -0.2) is 4.79 Å². The molecule has 0 fully saturated rings. The number of esters is 1. The Kier molecular flexibility index (Phi) is 5.41. The van der Waals surface area contributed by atoms with Crippen LogP contribution in [0.15, 0.2) is 18.3 Å². The molecule has 0 atom stereocenters. The van der Waals surface area contributed by atoms with E-state index in [0.29, 0.717) is 28.1 Å². The van der Waals surface area contributed by atoms with Gasteiger partial charge in [0.05, 0.1) is 26.5 Å². The summed E-state index contributed by atoms with van der Waals surface area (Å²) in [5.74, 6) is -0.732. The maximum Gasteiger partial charge on any atom is 0.341 e. The van der Waals surface area contributed by atoms with E-state index in [1.54, 1.807) is 19.1 Å². The van der Waals surface area contributed by atoms with Crippen LogP contribution in [0.5, 0.6) is 11.5 Å². The molecule has 0 unspecified atom stereocenters. The Morgan fingerprint density at radius 3 is 2.58 bits per heavy atom. The topological polar surface area (TPSA) is 107 Å². The monoisotopic (exact) mass is 334 g/mol. The van der Waals surface area contributed by atoms with Crippen molar-refractivity contribution in [3.63, 3.8) is 0 Å². The molecule has 2 N–H and O–H groups in total. The number of carbonyl (C=O) groups is 2. The van der Waals surface area contributed by atoms with Gasteiger partial charge in [0.2, 0.25) is 0 Å². The highest BCUT2D eigenvalue weighted by atomic mass is 16.5. The first-order valence-electron chi connectivity index (χ1n) is 7.19. The van der Waals surface area contributed by atoms with Crippen molar-refractivity contribution in [2.45, 2.75) is 6.92 Å². The van der Waals surface area contributed by atoms with Crippen molar-refractivity contribution in [2.75, 3.05) is 32.7 Å². The first-order chi connectivity index (χ1) is 11.5. The second kappa shape index (κ2) is 7.49. The number of benzene rings is 1. The standard InChI is InChI=1S/C16H18N2O6/c1-4-24-16(21)11-7-17-15-10(14(11)18-8-13(19)20)5-9(22-2)6-12(15)23-3/h5-7H,4,8H2,1-3H3,(H,17,18)(H,19,20). The number of carboxylic acids is 1. The quantitative estimate of drug-likeness (QED) is 0.740. The van der Waals surface area contributed by atoms with Crippen molar-refractivity contribution in [2.24, 2.45) is 0 Å². The predicted octanol–water partition coefficient (Wildman–Crippen LogP) is 1.93. The lowest BCUT2D eigenvalue weighted by Crippen LogP contribution is -2.16. The number of rotatable bonds is 7. The number of hydrogen-bond acceptors (Lipinski definition) is 7. The molecule has 2 aromatic rings. The highest BCUT2D eigenvalue weighted by Gasteiger charge is 2.20. The lowest BCUT2D eigenvalue weighted by Gasteiger charge is -2.15. The van der Waals surface area contributed by atoms with Gasteiger partial charge in [0.25, 0.3) is 0 Å². The minimum Gasteiger partial charge on any atom is -0.497 e. The molecule has 0 amide bonds. The lowest BCUT2D eigenvalue weighted by molar-refractivity contribution is -0.134. The molecule has 1 aromatic carbocycles. The number of nitrogens with one attached hydrogen (secondary N) is 1. The summed E-state index contributed by atoms with van der Waals surface area (Å²) in [7, 11) is 2.98. The van der Waals surface area contributed by atoms with Crippen LogP contribution in [0.1, 0.15) is 17.3 Å². The Labute approximate surface area is 138 Å². The van der Waals surface area contributed by atoms with Gasteiger partial charge in [-0.1, -0.05) is 0 Å². The van der Waals surface area contributed by atoms with Gasteiger partial charge in [-0.2, -0.15) is 0 Å². The summed E-state index contributed by atoms with van der Waals surface area (Å²) in [5.41, 5.74) is 0.915. The Bertz CT molecular complexity index is 775. The minimum absolute atomic E-state index is 0.140. The Hall–Kier alpha value is -3.03. The smallest absolute Gasteiger partial charge is 0.341 e. The number of methoxy groups -OCH3 is 2. The average Bonchev–Trinajstić information content (AvgIpc) is 2.58. The third kappa shape index (κ3) is 3.48. The predicted molar refractivity (Wildman–Crippen MR) is 86.9 cm³/mol. The van der Waals surface area contributed by atoms with Gasteiger partial charge in [-0.05, 0) is 13.0 Å². The SMILES string of the molecule is CCOC(=O)c1cnc2c(OC)cc(OC)cc2c1NCC(=O)O. The number of nitrogens with zero attached hydrogens (tertiary/aromatic N) is 1. The highest BCUT2D eigenvalue weighted by Crippen LogP contribution is 2.35. The molecule has 0 radical (unpaired) electrons. The molecule has 8 heteroatoms. The highest BCUT2D eigenvalue weighted by molar-refractivity contribution is 6.07. The summed E-state index contributed by atoms with van der Waals surface area (Å²) < 4.78 is 15.5. The molecule has 24 heavy (non-hydrogen) atoms. The second-order valence-corrected chi connectivity index (χ2v) is 4.74. The zero-order valence-electron chi connectivity index (χ0n) is 13.6. The van der Waals surface area contributed by atoms with E-state index < -0.39 is 11.9 Å². The van der Waals surface area contributed by atoms with Crippen LogP contribution in [0.25, 0.3) is 10.9 Å². The van der Waals surface area contributed by atoms with E-state index in [-0.39, 0.29) is 18.7 Å². The number of hydrogen-bond donors (Lipinski definition) is 2. The number of aromatic nitrogens is 1. The first-order valence-corrected chi connectivity index (χ1v) is 7.19. The van der Waals surface area contributed by atoms with Crippen LogP contribution in [0, 0.1) is 0 Å². The molecular weight excluding hydrogens is 316 g/mol. The van der Waals surface area contributed by atoms with Crippen LogP contribution < -0.4 is 14.8 Å². The van der Waals surface area contributed by atoms with Gasteiger partial charge < -0.3 is 24.6 Å². The van der Waals surface area contributed by atoms with E-state index in [1.165, 1.54) is 20.4 Å². The van der Waals surface area contributed by atoms with Crippen molar-refractivity contribution in [1.29, 1.82) is 0 Å². The van der Waals surface area contributed by atoms with Gasteiger partial charge in [-0.3, -0.25) is 9.78 Å². The molecule has 0 aliphatic rings. The van der Waals surface area contributed by atoms with E-state index in [2.05, 4.69) is 10.3 Å². The van der Waals surface area contributed by atoms with Crippen molar-refractivity contribution in [3.8, 4) is 11.5 Å². The normalized spacial score (nSPS) is 10.3. The van der Waals surface area contributed by atoms with Crippen molar-refractivity contribution < 1.29 is 28.9 Å². The number of carboxylic acid groups (broad SMARTS) is 1. The van der Waals surface area contributed by atoms with Crippen LogP contribution in [0.3, 0.4) is 0 Å².